The Balaban J connectivity index is 2.94. The van der Waals surface area contributed by atoms with Gasteiger partial charge in [-0.1, -0.05) is 36.9 Å². The van der Waals surface area contributed by atoms with E-state index in [-0.39, 0.29) is 0 Å². The average molecular weight is 226 g/mol. The van der Waals surface area contributed by atoms with E-state index in [2.05, 4.69) is 6.58 Å². The summed E-state index contributed by atoms with van der Waals surface area (Å²) in [6.45, 7) is 7.17. The summed E-state index contributed by atoms with van der Waals surface area (Å²) < 4.78 is 15.6. The third-order valence-corrected chi connectivity index (χ3v) is 2.87. The highest BCUT2D eigenvalue weighted by Gasteiger charge is 2.23. The van der Waals surface area contributed by atoms with Crippen LogP contribution in [0.15, 0.2) is 30.8 Å². The molecule has 0 aliphatic rings. The quantitative estimate of drug-likeness (QED) is 0.803. The van der Waals surface area contributed by atoms with Crippen LogP contribution in [0, 0.1) is 0 Å². The van der Waals surface area contributed by atoms with Crippen LogP contribution in [-0.4, -0.2) is 4.89 Å². The first kappa shape index (κ1) is 12.2. The second-order valence-electron chi connectivity index (χ2n) is 3.70. The fraction of sp³-hybridized carbons (Fsp3) is 0.273. The zero-order chi connectivity index (χ0) is 11.5. The molecule has 0 aliphatic heterocycles. The Morgan fingerprint density at radius 3 is 2.33 bits per heavy atom. The molecule has 1 aromatic carbocycles. The van der Waals surface area contributed by atoms with E-state index in [0.717, 1.165) is 11.1 Å². The molecule has 82 valence electrons. The summed E-state index contributed by atoms with van der Waals surface area (Å²) in [7, 11) is -2.92. The van der Waals surface area contributed by atoms with Crippen LogP contribution in [0.5, 0.6) is 0 Å². The predicted molar refractivity (Wildman–Crippen MR) is 61.9 cm³/mol. The molecule has 1 atom stereocenters. The van der Waals surface area contributed by atoms with Gasteiger partial charge < -0.3 is 4.89 Å². The molecule has 0 saturated carbocycles. The molecule has 0 saturated heterocycles. The number of rotatable bonds is 4. The third kappa shape index (κ3) is 3.31. The fourth-order valence-corrected chi connectivity index (χ4v) is 1.85. The van der Waals surface area contributed by atoms with Crippen LogP contribution in [0.25, 0.3) is 6.08 Å². The van der Waals surface area contributed by atoms with E-state index < -0.39 is 13.9 Å². The molecule has 1 rings (SSSR count). The predicted octanol–water partition coefficient (Wildman–Crippen LogP) is 2.96. The number of benzene rings is 1. The topological polar surface area (TPSA) is 46.5 Å². The Morgan fingerprint density at radius 1 is 1.40 bits per heavy atom. The monoisotopic (exact) mass is 226 g/mol. The lowest BCUT2D eigenvalue weighted by molar-refractivity contribution is 0.102. The molecule has 3 nitrogen and oxygen atoms in total. The van der Waals surface area contributed by atoms with Crippen molar-refractivity contribution in [1.82, 2.24) is 0 Å². The summed E-state index contributed by atoms with van der Waals surface area (Å²) in [5.41, 5.74) is 1.12. The largest absolute Gasteiger partial charge is 0.326 e. The molecular formula is C11H15O3P. The molecule has 1 N–H and O–H groups in total. The molecule has 4 heteroatoms. The molecular weight excluding hydrogens is 211 g/mol. The fourth-order valence-electron chi connectivity index (χ4n) is 1.30. The average Bonchev–Trinajstić information content (AvgIpc) is 2.16. The van der Waals surface area contributed by atoms with Gasteiger partial charge in [0.05, 0.1) is 5.60 Å². The first-order chi connectivity index (χ1) is 6.95. The van der Waals surface area contributed by atoms with Gasteiger partial charge in [-0.2, -0.15) is 0 Å². The molecule has 15 heavy (non-hydrogen) atoms. The van der Waals surface area contributed by atoms with Crippen molar-refractivity contribution in [1.29, 1.82) is 0 Å². The Morgan fingerprint density at radius 2 is 1.93 bits per heavy atom. The number of hydrogen-bond acceptors (Lipinski definition) is 2. The SMILES string of the molecule is C=Cc1ccc(C(C)(C)O[PH](=O)O)cc1. The van der Waals surface area contributed by atoms with Crippen LogP contribution in [0.1, 0.15) is 25.0 Å². The minimum absolute atomic E-state index is 0.746. The molecule has 0 radical (unpaired) electrons. The Labute approximate surface area is 90.4 Å². The third-order valence-electron chi connectivity index (χ3n) is 2.18. The maximum Gasteiger partial charge on any atom is 0.317 e. The van der Waals surface area contributed by atoms with Crippen molar-refractivity contribution in [3.8, 4) is 0 Å². The highest BCUT2D eigenvalue weighted by atomic mass is 31.1. The molecule has 0 heterocycles. The molecule has 0 bridgehead atoms. The number of hydrogen-bond donors (Lipinski definition) is 1. The van der Waals surface area contributed by atoms with Crippen LogP contribution in [0.3, 0.4) is 0 Å². The minimum Gasteiger partial charge on any atom is -0.326 e. The van der Waals surface area contributed by atoms with Gasteiger partial charge in [0.2, 0.25) is 0 Å². The van der Waals surface area contributed by atoms with Crippen molar-refractivity contribution >= 4 is 14.3 Å². The maximum atomic E-state index is 10.7. The van der Waals surface area contributed by atoms with Gasteiger partial charge in [-0.25, -0.2) is 0 Å². The lowest BCUT2D eigenvalue weighted by Crippen LogP contribution is -2.17. The van der Waals surface area contributed by atoms with Crippen molar-refractivity contribution in [3.63, 3.8) is 0 Å². The van der Waals surface area contributed by atoms with Crippen molar-refractivity contribution < 1.29 is 14.0 Å². The zero-order valence-electron chi connectivity index (χ0n) is 8.86. The van der Waals surface area contributed by atoms with Crippen molar-refractivity contribution in [2.24, 2.45) is 0 Å². The van der Waals surface area contributed by atoms with E-state index in [9.17, 15) is 4.57 Å². The van der Waals surface area contributed by atoms with Crippen LogP contribution in [0.4, 0.5) is 0 Å². The first-order valence-corrected chi connectivity index (χ1v) is 5.87. The van der Waals surface area contributed by atoms with Gasteiger partial charge in [0.25, 0.3) is 0 Å². The standard InChI is InChI=1S/C11H15O3P/c1-4-9-5-7-10(8-6-9)11(2,3)14-15(12)13/h4-8,15H,1H2,2-3H3,(H,12,13). The second-order valence-corrected chi connectivity index (χ2v) is 4.44. The van der Waals surface area contributed by atoms with Gasteiger partial charge in [0.15, 0.2) is 0 Å². The lowest BCUT2D eigenvalue weighted by Gasteiger charge is -2.23. The second kappa shape index (κ2) is 4.75. The molecule has 0 fully saturated rings. The summed E-state index contributed by atoms with van der Waals surface area (Å²) in [5.74, 6) is 0. The van der Waals surface area contributed by atoms with Gasteiger partial charge in [-0.15, -0.1) is 0 Å². The van der Waals surface area contributed by atoms with Gasteiger partial charge in [0, 0.05) is 0 Å². The van der Waals surface area contributed by atoms with Crippen molar-refractivity contribution in [2.45, 2.75) is 19.4 Å². The van der Waals surface area contributed by atoms with Crippen LogP contribution in [-0.2, 0) is 14.7 Å². The molecule has 0 spiro atoms. The zero-order valence-corrected chi connectivity index (χ0v) is 9.86. The van der Waals surface area contributed by atoms with E-state index in [0.29, 0.717) is 0 Å². The van der Waals surface area contributed by atoms with Gasteiger partial charge >= 0.3 is 8.25 Å². The highest BCUT2D eigenvalue weighted by molar-refractivity contribution is 7.32. The molecule has 1 aromatic rings. The smallest absolute Gasteiger partial charge is 0.317 e. The summed E-state index contributed by atoms with van der Waals surface area (Å²) in [5, 5.41) is 0. The van der Waals surface area contributed by atoms with E-state index in [4.69, 9.17) is 9.42 Å². The van der Waals surface area contributed by atoms with Gasteiger partial charge in [0.1, 0.15) is 0 Å². The van der Waals surface area contributed by atoms with E-state index >= 15 is 0 Å². The summed E-state index contributed by atoms with van der Waals surface area (Å²) in [6.07, 6.45) is 1.74. The van der Waals surface area contributed by atoms with Crippen LogP contribution >= 0.6 is 8.25 Å². The van der Waals surface area contributed by atoms with E-state index in [1.807, 2.05) is 24.3 Å². The lowest BCUT2D eigenvalue weighted by atomic mass is 9.97. The highest BCUT2D eigenvalue weighted by Crippen LogP contribution is 2.34. The normalized spacial score (nSPS) is 13.5. The Kier molecular flexibility index (Phi) is 3.86. The summed E-state index contributed by atoms with van der Waals surface area (Å²) in [4.78, 5) is 8.76. The van der Waals surface area contributed by atoms with Gasteiger partial charge in [-0.05, 0) is 25.0 Å². The Hall–Kier alpha value is -0.890. The van der Waals surface area contributed by atoms with Crippen LogP contribution in [0.2, 0.25) is 0 Å². The Bertz CT molecular complexity index is 368. The summed E-state index contributed by atoms with van der Waals surface area (Å²) in [6, 6.07) is 7.51. The first-order valence-electron chi connectivity index (χ1n) is 4.60. The summed E-state index contributed by atoms with van der Waals surface area (Å²) >= 11 is 0. The molecule has 0 aromatic heterocycles. The van der Waals surface area contributed by atoms with Crippen molar-refractivity contribution in [3.05, 3.63) is 42.0 Å². The minimum atomic E-state index is -2.92. The van der Waals surface area contributed by atoms with Crippen LogP contribution < -0.4 is 0 Å². The maximum absolute atomic E-state index is 10.7. The molecule has 1 unspecified atom stereocenters. The van der Waals surface area contributed by atoms with Crippen molar-refractivity contribution in [2.75, 3.05) is 0 Å². The van der Waals surface area contributed by atoms with Gasteiger partial charge in [-0.3, -0.25) is 9.09 Å². The molecule has 0 aliphatic carbocycles. The van der Waals surface area contributed by atoms with E-state index in [1.165, 1.54) is 0 Å². The van der Waals surface area contributed by atoms with E-state index in [1.54, 1.807) is 19.9 Å². The molecule has 0 amide bonds.